The molecule has 4 rings (SSSR count). The molecule has 0 fully saturated rings. The lowest BCUT2D eigenvalue weighted by atomic mass is 10.2. The topological polar surface area (TPSA) is 60.4 Å². The van der Waals surface area contributed by atoms with Crippen molar-refractivity contribution >= 4 is 17.1 Å². The first-order valence-electron chi connectivity index (χ1n) is 7.90. The zero-order valence-corrected chi connectivity index (χ0v) is 13.6. The number of nitrogens with zero attached hydrogens (tertiary/aromatic N) is 3. The third-order valence-corrected chi connectivity index (χ3v) is 3.98. The summed E-state index contributed by atoms with van der Waals surface area (Å²) in [6, 6.07) is 18.6. The van der Waals surface area contributed by atoms with Crippen LogP contribution in [0.4, 0.5) is 0 Å². The fourth-order valence-electron chi connectivity index (χ4n) is 2.63. The van der Waals surface area contributed by atoms with Crippen molar-refractivity contribution in [3.05, 3.63) is 88.6 Å². The molecule has 0 bridgehead atoms. The second-order valence-electron chi connectivity index (χ2n) is 5.65. The average Bonchev–Trinajstić information content (AvgIpc) is 3.06. The molecule has 0 aliphatic rings. The van der Waals surface area contributed by atoms with Crippen molar-refractivity contribution in [2.24, 2.45) is 5.10 Å². The van der Waals surface area contributed by atoms with E-state index >= 15 is 0 Å². The van der Waals surface area contributed by atoms with Crippen molar-refractivity contribution in [1.29, 1.82) is 0 Å². The molecule has 2 heterocycles. The van der Waals surface area contributed by atoms with Gasteiger partial charge in [-0.05, 0) is 30.7 Å². The predicted molar refractivity (Wildman–Crippen MR) is 97.9 cm³/mol. The van der Waals surface area contributed by atoms with E-state index in [0.29, 0.717) is 22.5 Å². The van der Waals surface area contributed by atoms with Crippen LogP contribution in [-0.2, 0) is 0 Å². The quantitative estimate of drug-likeness (QED) is 0.536. The number of hydrogen-bond acceptors (Lipinski definition) is 4. The highest BCUT2D eigenvalue weighted by Crippen LogP contribution is 2.18. The zero-order valence-electron chi connectivity index (χ0n) is 13.6. The minimum atomic E-state index is -0.218. The van der Waals surface area contributed by atoms with Crippen molar-refractivity contribution in [2.45, 2.75) is 6.92 Å². The molecule has 4 aromatic rings. The summed E-state index contributed by atoms with van der Waals surface area (Å²) in [6.07, 6.45) is 3.13. The van der Waals surface area contributed by atoms with E-state index in [9.17, 15) is 4.79 Å². The van der Waals surface area contributed by atoms with E-state index in [0.717, 1.165) is 11.1 Å². The minimum absolute atomic E-state index is 0.218. The number of furan rings is 1. The lowest BCUT2D eigenvalue weighted by Crippen LogP contribution is -2.20. The lowest BCUT2D eigenvalue weighted by Gasteiger charge is -2.09. The van der Waals surface area contributed by atoms with Gasteiger partial charge >= 0.3 is 0 Å². The van der Waals surface area contributed by atoms with Crippen LogP contribution in [0, 0.1) is 6.92 Å². The van der Waals surface area contributed by atoms with Gasteiger partial charge in [0.15, 0.2) is 5.82 Å². The molecular formula is C20H15N3O2. The molecule has 0 aliphatic carbocycles. The summed E-state index contributed by atoms with van der Waals surface area (Å²) in [4.78, 5) is 17.6. The van der Waals surface area contributed by atoms with E-state index in [1.165, 1.54) is 4.68 Å². The lowest BCUT2D eigenvalue weighted by molar-refractivity contribution is 0.557. The summed E-state index contributed by atoms with van der Waals surface area (Å²) in [5.41, 5.74) is 2.20. The molecule has 0 unspecified atom stereocenters. The minimum Gasteiger partial charge on any atom is -0.463 e. The van der Waals surface area contributed by atoms with Gasteiger partial charge in [-0.1, -0.05) is 42.5 Å². The number of hydrogen-bond donors (Lipinski definition) is 0. The van der Waals surface area contributed by atoms with Crippen LogP contribution in [0.5, 0.6) is 0 Å². The maximum atomic E-state index is 12.9. The van der Waals surface area contributed by atoms with E-state index in [-0.39, 0.29) is 5.56 Å². The highest BCUT2D eigenvalue weighted by molar-refractivity contribution is 5.81. The first-order chi connectivity index (χ1) is 12.2. The Hall–Kier alpha value is -3.47. The van der Waals surface area contributed by atoms with Crippen LogP contribution in [0.15, 0.2) is 81.2 Å². The average molecular weight is 329 g/mol. The van der Waals surface area contributed by atoms with Crippen LogP contribution in [0.1, 0.15) is 11.3 Å². The van der Waals surface area contributed by atoms with E-state index in [2.05, 4.69) is 10.1 Å². The summed E-state index contributed by atoms with van der Waals surface area (Å²) in [5, 5.41) is 4.88. The number of benzene rings is 2. The van der Waals surface area contributed by atoms with Gasteiger partial charge in [0.05, 0.1) is 23.4 Å². The van der Waals surface area contributed by atoms with Gasteiger partial charge in [0.2, 0.25) is 0 Å². The molecule has 0 saturated carbocycles. The van der Waals surface area contributed by atoms with Crippen molar-refractivity contribution in [3.63, 3.8) is 0 Å². The molecule has 0 N–H and O–H groups in total. The van der Waals surface area contributed by atoms with Crippen molar-refractivity contribution in [3.8, 4) is 11.4 Å². The second kappa shape index (κ2) is 6.20. The van der Waals surface area contributed by atoms with Crippen molar-refractivity contribution < 1.29 is 4.42 Å². The maximum absolute atomic E-state index is 12.9. The fraction of sp³-hybridized carbons (Fsp3) is 0.0500. The molecule has 0 saturated heterocycles. The third kappa shape index (κ3) is 2.76. The van der Waals surface area contributed by atoms with Gasteiger partial charge < -0.3 is 4.42 Å². The number of aryl methyl sites for hydroxylation is 1. The number of aromatic nitrogens is 2. The molecule has 0 aliphatic heterocycles. The monoisotopic (exact) mass is 329 g/mol. The largest absolute Gasteiger partial charge is 0.463 e. The Balaban J connectivity index is 1.97. The number of para-hydroxylation sites is 1. The smallest absolute Gasteiger partial charge is 0.282 e. The molecule has 25 heavy (non-hydrogen) atoms. The van der Waals surface area contributed by atoms with Gasteiger partial charge in [0.1, 0.15) is 5.76 Å². The Morgan fingerprint density at radius 3 is 2.56 bits per heavy atom. The second-order valence-corrected chi connectivity index (χ2v) is 5.65. The SMILES string of the molecule is Cc1ccoc1C=Nn1c(-c2ccccc2)nc2ccccc2c1=O. The molecule has 0 amide bonds. The van der Waals surface area contributed by atoms with Gasteiger partial charge in [0, 0.05) is 5.56 Å². The first-order valence-corrected chi connectivity index (χ1v) is 7.90. The molecule has 0 spiro atoms. The first kappa shape index (κ1) is 15.1. The summed E-state index contributed by atoms with van der Waals surface area (Å²) < 4.78 is 6.69. The highest BCUT2D eigenvalue weighted by Gasteiger charge is 2.12. The van der Waals surface area contributed by atoms with E-state index in [4.69, 9.17) is 4.42 Å². The summed E-state index contributed by atoms with van der Waals surface area (Å²) in [7, 11) is 0. The van der Waals surface area contributed by atoms with Crippen LogP contribution in [0.25, 0.3) is 22.3 Å². The predicted octanol–water partition coefficient (Wildman–Crippen LogP) is 3.85. The van der Waals surface area contributed by atoms with Crippen LogP contribution in [-0.4, -0.2) is 15.9 Å². The van der Waals surface area contributed by atoms with Crippen LogP contribution in [0.3, 0.4) is 0 Å². The maximum Gasteiger partial charge on any atom is 0.282 e. The normalized spacial score (nSPS) is 11.4. The third-order valence-electron chi connectivity index (χ3n) is 3.98. The van der Waals surface area contributed by atoms with Crippen LogP contribution < -0.4 is 5.56 Å². The number of fused-ring (bicyclic) bond motifs is 1. The Bertz CT molecular complexity index is 1120. The highest BCUT2D eigenvalue weighted by atomic mass is 16.3. The zero-order chi connectivity index (χ0) is 17.2. The molecule has 0 atom stereocenters. The molecule has 0 radical (unpaired) electrons. The van der Waals surface area contributed by atoms with Gasteiger partial charge in [-0.3, -0.25) is 4.79 Å². The van der Waals surface area contributed by atoms with Crippen LogP contribution in [0.2, 0.25) is 0 Å². The Labute approximate surface area is 143 Å². The Morgan fingerprint density at radius 1 is 1.04 bits per heavy atom. The van der Waals surface area contributed by atoms with Gasteiger partial charge in [0.25, 0.3) is 5.56 Å². The fourth-order valence-corrected chi connectivity index (χ4v) is 2.63. The molecule has 5 heteroatoms. The number of rotatable bonds is 3. The molecule has 5 nitrogen and oxygen atoms in total. The summed E-state index contributed by atoms with van der Waals surface area (Å²) >= 11 is 0. The van der Waals surface area contributed by atoms with Crippen molar-refractivity contribution in [2.75, 3.05) is 0 Å². The van der Waals surface area contributed by atoms with Gasteiger partial charge in [-0.15, -0.1) is 0 Å². The Kier molecular flexibility index (Phi) is 3.74. The van der Waals surface area contributed by atoms with E-state index < -0.39 is 0 Å². The summed E-state index contributed by atoms with van der Waals surface area (Å²) in [5.74, 6) is 1.10. The van der Waals surface area contributed by atoms with E-state index in [1.54, 1.807) is 18.5 Å². The summed E-state index contributed by atoms with van der Waals surface area (Å²) in [6.45, 7) is 1.92. The van der Waals surface area contributed by atoms with Gasteiger partial charge in [-0.25, -0.2) is 4.98 Å². The Morgan fingerprint density at radius 2 is 1.80 bits per heavy atom. The molecular weight excluding hydrogens is 314 g/mol. The van der Waals surface area contributed by atoms with Crippen LogP contribution >= 0.6 is 0 Å². The standard InChI is InChI=1S/C20H15N3O2/c1-14-11-12-25-18(14)13-21-23-19(15-7-3-2-4-8-15)22-17-10-6-5-9-16(17)20(23)24/h2-13H,1H3. The van der Waals surface area contributed by atoms with Crippen molar-refractivity contribution in [1.82, 2.24) is 9.66 Å². The molecule has 122 valence electrons. The van der Waals surface area contributed by atoms with Gasteiger partial charge in [-0.2, -0.15) is 9.78 Å². The molecule has 2 aromatic heterocycles. The van der Waals surface area contributed by atoms with E-state index in [1.807, 2.05) is 61.5 Å². The molecule has 2 aromatic carbocycles.